The van der Waals surface area contributed by atoms with Crippen LogP contribution in [0.3, 0.4) is 0 Å². The van der Waals surface area contributed by atoms with Crippen molar-refractivity contribution < 1.29 is 13.2 Å². The van der Waals surface area contributed by atoms with Gasteiger partial charge in [0.25, 0.3) is 5.91 Å². The number of sulfonamides is 1. The number of amides is 1. The van der Waals surface area contributed by atoms with E-state index in [1.807, 2.05) is 82.3 Å². The van der Waals surface area contributed by atoms with Crippen LogP contribution in [0, 0.1) is 11.8 Å². The van der Waals surface area contributed by atoms with Crippen molar-refractivity contribution in [3.63, 3.8) is 0 Å². The molecule has 0 radical (unpaired) electrons. The zero-order chi connectivity index (χ0) is 26.6. The molecule has 0 spiro atoms. The van der Waals surface area contributed by atoms with Gasteiger partial charge in [0, 0.05) is 29.7 Å². The summed E-state index contributed by atoms with van der Waals surface area (Å²) in [6.07, 6.45) is 0. The zero-order valence-corrected chi connectivity index (χ0v) is 22.5. The van der Waals surface area contributed by atoms with Crippen LogP contribution in [0.15, 0.2) is 89.8 Å². The summed E-state index contributed by atoms with van der Waals surface area (Å²) in [5.41, 5.74) is 3.38. The second kappa shape index (κ2) is 11.2. The molecule has 0 saturated heterocycles. The number of fused-ring (bicyclic) bond motifs is 1. The van der Waals surface area contributed by atoms with E-state index in [9.17, 15) is 13.2 Å². The molecule has 1 N–H and O–H groups in total. The first-order valence-electron chi connectivity index (χ1n) is 12.5. The zero-order valence-electron chi connectivity index (χ0n) is 21.7. The molecule has 1 amide bonds. The summed E-state index contributed by atoms with van der Waals surface area (Å²) in [6, 6.07) is 25.4. The van der Waals surface area contributed by atoms with Gasteiger partial charge in [-0.1, -0.05) is 76.2 Å². The van der Waals surface area contributed by atoms with Crippen LogP contribution in [0.4, 0.5) is 5.69 Å². The number of aromatic nitrogens is 1. The number of nitrogens with one attached hydrogen (secondary N) is 1. The van der Waals surface area contributed by atoms with Gasteiger partial charge in [-0.3, -0.25) is 4.79 Å². The number of nitrogens with zero attached hydrogens (tertiary/aromatic N) is 2. The van der Waals surface area contributed by atoms with Crippen LogP contribution in [0.5, 0.6) is 0 Å². The van der Waals surface area contributed by atoms with Crippen molar-refractivity contribution in [3.05, 3.63) is 90.5 Å². The minimum Gasteiger partial charge on any atom is -0.322 e. The number of rotatable bonds is 9. The molecule has 1 aromatic heterocycles. The Labute approximate surface area is 219 Å². The Hall–Kier alpha value is -3.55. The molecule has 6 nitrogen and oxygen atoms in total. The number of carbonyl (C=O) groups excluding carboxylic acids is 1. The average molecular weight is 516 g/mol. The topological polar surface area (TPSA) is 79.4 Å². The van der Waals surface area contributed by atoms with Gasteiger partial charge in [-0.05, 0) is 48.2 Å². The van der Waals surface area contributed by atoms with Crippen molar-refractivity contribution in [3.8, 4) is 11.3 Å². The Bertz CT molecular complexity index is 1470. The Morgan fingerprint density at radius 1 is 0.838 bits per heavy atom. The van der Waals surface area contributed by atoms with Crippen molar-refractivity contribution in [2.45, 2.75) is 32.6 Å². The highest BCUT2D eigenvalue weighted by molar-refractivity contribution is 7.89. The molecular weight excluding hydrogens is 482 g/mol. The third kappa shape index (κ3) is 6.24. The molecule has 37 heavy (non-hydrogen) atoms. The van der Waals surface area contributed by atoms with Crippen LogP contribution in [0.25, 0.3) is 22.2 Å². The first-order valence-corrected chi connectivity index (χ1v) is 14.0. The fraction of sp³-hybridized carbons (Fsp3) is 0.267. The van der Waals surface area contributed by atoms with Gasteiger partial charge in [0.15, 0.2) is 0 Å². The monoisotopic (exact) mass is 515 g/mol. The molecule has 1 heterocycles. The molecule has 0 aliphatic carbocycles. The first-order chi connectivity index (χ1) is 17.6. The van der Waals surface area contributed by atoms with E-state index >= 15 is 0 Å². The van der Waals surface area contributed by atoms with Gasteiger partial charge < -0.3 is 5.32 Å². The lowest BCUT2D eigenvalue weighted by Crippen LogP contribution is -2.37. The van der Waals surface area contributed by atoms with E-state index < -0.39 is 10.0 Å². The van der Waals surface area contributed by atoms with E-state index in [-0.39, 0.29) is 22.6 Å². The van der Waals surface area contributed by atoms with E-state index in [1.54, 1.807) is 34.6 Å². The normalized spacial score (nSPS) is 12.0. The van der Waals surface area contributed by atoms with Crippen molar-refractivity contribution in [2.75, 3.05) is 18.4 Å². The SMILES string of the molecule is CC(C)CN(CC(C)C)S(=O)(=O)c1ccc(NC(=O)c2cc(-c3ccccc3)nc3ccccc23)cc1. The lowest BCUT2D eigenvalue weighted by atomic mass is 10.0. The highest BCUT2D eigenvalue weighted by atomic mass is 32.2. The maximum atomic E-state index is 13.4. The summed E-state index contributed by atoms with van der Waals surface area (Å²) in [4.78, 5) is 18.3. The molecule has 0 unspecified atom stereocenters. The summed E-state index contributed by atoms with van der Waals surface area (Å²) in [6.45, 7) is 8.94. The standard InChI is InChI=1S/C30H33N3O3S/c1-21(2)19-33(20-22(3)4)37(35,36)25-16-14-24(15-17-25)31-30(34)27-18-29(23-10-6-5-7-11-23)32-28-13-9-8-12-26(27)28/h5-18,21-22H,19-20H2,1-4H3,(H,31,34). The summed E-state index contributed by atoms with van der Waals surface area (Å²) in [5, 5.41) is 3.67. The average Bonchev–Trinajstić information content (AvgIpc) is 2.88. The highest BCUT2D eigenvalue weighted by Crippen LogP contribution is 2.26. The Kier molecular flexibility index (Phi) is 8.05. The molecular formula is C30H33N3O3S. The minimum atomic E-state index is -3.64. The lowest BCUT2D eigenvalue weighted by molar-refractivity contribution is 0.102. The molecule has 4 rings (SSSR count). The summed E-state index contributed by atoms with van der Waals surface area (Å²) in [7, 11) is -3.64. The smallest absolute Gasteiger partial charge is 0.256 e. The predicted octanol–water partition coefficient (Wildman–Crippen LogP) is 6.46. The number of carbonyl (C=O) groups is 1. The molecule has 7 heteroatoms. The Morgan fingerprint density at radius 3 is 2.05 bits per heavy atom. The molecule has 0 saturated carbocycles. The van der Waals surface area contributed by atoms with Gasteiger partial charge in [0.1, 0.15) is 0 Å². The highest BCUT2D eigenvalue weighted by Gasteiger charge is 2.26. The largest absolute Gasteiger partial charge is 0.322 e. The van der Waals surface area contributed by atoms with Crippen molar-refractivity contribution in [2.24, 2.45) is 11.8 Å². The van der Waals surface area contributed by atoms with Crippen LogP contribution < -0.4 is 5.32 Å². The quantitative estimate of drug-likeness (QED) is 0.278. The number of hydrogen-bond donors (Lipinski definition) is 1. The summed E-state index contributed by atoms with van der Waals surface area (Å²) >= 11 is 0. The van der Waals surface area contributed by atoms with E-state index in [0.717, 1.165) is 16.5 Å². The number of benzene rings is 3. The van der Waals surface area contributed by atoms with Gasteiger partial charge in [0.05, 0.1) is 21.7 Å². The Balaban J connectivity index is 1.61. The van der Waals surface area contributed by atoms with Crippen LogP contribution >= 0.6 is 0 Å². The summed E-state index contributed by atoms with van der Waals surface area (Å²) in [5.74, 6) is 0.138. The van der Waals surface area contributed by atoms with E-state index in [4.69, 9.17) is 4.98 Å². The van der Waals surface area contributed by atoms with E-state index in [0.29, 0.717) is 30.0 Å². The Morgan fingerprint density at radius 2 is 1.43 bits per heavy atom. The number of hydrogen-bond acceptors (Lipinski definition) is 4. The van der Waals surface area contributed by atoms with Crippen LogP contribution in [0.1, 0.15) is 38.1 Å². The fourth-order valence-corrected chi connectivity index (χ4v) is 6.03. The molecule has 4 aromatic rings. The van der Waals surface area contributed by atoms with Crippen molar-refractivity contribution in [1.29, 1.82) is 0 Å². The van der Waals surface area contributed by atoms with Crippen LogP contribution in [0.2, 0.25) is 0 Å². The summed E-state index contributed by atoms with van der Waals surface area (Å²) < 4.78 is 28.2. The molecule has 192 valence electrons. The van der Waals surface area contributed by atoms with E-state index in [2.05, 4.69) is 5.32 Å². The van der Waals surface area contributed by atoms with Gasteiger partial charge in [0.2, 0.25) is 10.0 Å². The van der Waals surface area contributed by atoms with Crippen molar-refractivity contribution in [1.82, 2.24) is 9.29 Å². The molecule has 0 fully saturated rings. The maximum absolute atomic E-state index is 13.4. The van der Waals surface area contributed by atoms with Crippen molar-refractivity contribution >= 4 is 32.5 Å². The second-order valence-electron chi connectivity index (χ2n) is 10.0. The molecule has 3 aromatic carbocycles. The molecule has 0 atom stereocenters. The third-order valence-electron chi connectivity index (χ3n) is 5.92. The van der Waals surface area contributed by atoms with Crippen LogP contribution in [-0.2, 0) is 10.0 Å². The van der Waals surface area contributed by atoms with Crippen LogP contribution in [-0.4, -0.2) is 36.7 Å². The number of pyridine rings is 1. The number of anilines is 1. The van der Waals surface area contributed by atoms with E-state index in [1.165, 1.54) is 0 Å². The van der Waals surface area contributed by atoms with Gasteiger partial charge in [-0.2, -0.15) is 4.31 Å². The molecule has 0 bridgehead atoms. The minimum absolute atomic E-state index is 0.211. The maximum Gasteiger partial charge on any atom is 0.256 e. The predicted molar refractivity (Wildman–Crippen MR) is 150 cm³/mol. The second-order valence-corrected chi connectivity index (χ2v) is 12.0. The van der Waals surface area contributed by atoms with Gasteiger partial charge >= 0.3 is 0 Å². The first kappa shape index (κ1) is 26.5. The fourth-order valence-electron chi connectivity index (χ4n) is 4.26. The molecule has 0 aliphatic rings. The molecule has 0 aliphatic heterocycles. The number of para-hydroxylation sites is 1. The third-order valence-corrected chi connectivity index (χ3v) is 7.76. The van der Waals surface area contributed by atoms with Gasteiger partial charge in [-0.25, -0.2) is 13.4 Å². The van der Waals surface area contributed by atoms with Gasteiger partial charge in [-0.15, -0.1) is 0 Å². The lowest BCUT2D eigenvalue weighted by Gasteiger charge is -2.25.